The number of nitro benzene ring substituents is 1. The van der Waals surface area contributed by atoms with E-state index in [1.54, 1.807) is 12.1 Å². The monoisotopic (exact) mass is 356 g/mol. The van der Waals surface area contributed by atoms with Gasteiger partial charge in [0.05, 0.1) is 10.8 Å². The average Bonchev–Trinajstić information content (AvgIpc) is 2.66. The summed E-state index contributed by atoms with van der Waals surface area (Å²) in [5.41, 5.74) is 0.333. The number of hydrogen-bond acceptors (Lipinski definition) is 4. The fourth-order valence-corrected chi connectivity index (χ4v) is 3.10. The molecule has 1 aliphatic carbocycles. The largest absolute Gasteiger partial charge is 0.481 e. The Morgan fingerprint density at radius 3 is 2.71 bits per heavy atom. The Balaban J connectivity index is 2.26. The number of carbonyl (C=O) groups is 1. The van der Waals surface area contributed by atoms with Crippen LogP contribution in [0.5, 0.6) is 0 Å². The van der Waals surface area contributed by atoms with Gasteiger partial charge in [0.25, 0.3) is 5.69 Å². The molecule has 0 radical (unpaired) electrons. The van der Waals surface area contributed by atoms with Gasteiger partial charge in [-0.15, -0.1) is 0 Å². The van der Waals surface area contributed by atoms with Crippen LogP contribution in [0.15, 0.2) is 22.7 Å². The van der Waals surface area contributed by atoms with Gasteiger partial charge in [0.1, 0.15) is 5.69 Å². The summed E-state index contributed by atoms with van der Waals surface area (Å²) in [6.07, 6.45) is 4.15. The summed E-state index contributed by atoms with van der Waals surface area (Å²) >= 11 is 3.21. The van der Waals surface area contributed by atoms with Crippen LogP contribution in [0.4, 0.5) is 11.4 Å². The molecule has 2 unspecified atom stereocenters. The number of nitrogens with one attached hydrogen (secondary N) is 1. The van der Waals surface area contributed by atoms with Gasteiger partial charge in [-0.3, -0.25) is 14.9 Å². The lowest BCUT2D eigenvalue weighted by atomic mass is 9.94. The maximum atomic E-state index is 11.4. The first-order valence-electron chi connectivity index (χ1n) is 6.92. The molecule has 7 heteroatoms. The van der Waals surface area contributed by atoms with Crippen molar-refractivity contribution in [2.24, 2.45) is 5.92 Å². The van der Waals surface area contributed by atoms with Crippen molar-refractivity contribution in [3.05, 3.63) is 32.8 Å². The maximum absolute atomic E-state index is 11.4. The number of aliphatic carboxylic acids is 1. The quantitative estimate of drug-likeness (QED) is 0.486. The molecule has 2 rings (SSSR count). The first kappa shape index (κ1) is 15.8. The smallest absolute Gasteiger partial charge is 0.308 e. The van der Waals surface area contributed by atoms with Crippen molar-refractivity contribution in [2.75, 3.05) is 5.32 Å². The molecule has 6 nitrogen and oxygen atoms in total. The summed E-state index contributed by atoms with van der Waals surface area (Å²) < 4.78 is 0.621. The van der Waals surface area contributed by atoms with Crippen molar-refractivity contribution in [1.82, 2.24) is 0 Å². The molecule has 1 saturated carbocycles. The van der Waals surface area contributed by atoms with Crippen LogP contribution in [0.2, 0.25) is 0 Å². The fourth-order valence-electron chi connectivity index (χ4n) is 2.75. The Morgan fingerprint density at radius 1 is 1.33 bits per heavy atom. The second-order valence-electron chi connectivity index (χ2n) is 5.25. The number of nitro groups is 1. The van der Waals surface area contributed by atoms with Gasteiger partial charge in [-0.2, -0.15) is 0 Å². The number of carboxylic acid groups (broad SMARTS) is 1. The molecule has 1 aliphatic rings. The zero-order valence-corrected chi connectivity index (χ0v) is 13.0. The molecule has 2 N–H and O–H groups in total. The van der Waals surface area contributed by atoms with Crippen molar-refractivity contribution in [3.63, 3.8) is 0 Å². The van der Waals surface area contributed by atoms with Crippen LogP contribution in [0.1, 0.15) is 32.1 Å². The molecule has 2 atom stereocenters. The average molecular weight is 357 g/mol. The van der Waals surface area contributed by atoms with E-state index in [1.165, 1.54) is 6.07 Å². The number of anilines is 1. The Kier molecular flexibility index (Phi) is 5.17. The lowest BCUT2D eigenvalue weighted by Gasteiger charge is -2.23. The van der Waals surface area contributed by atoms with E-state index in [0.29, 0.717) is 23.0 Å². The van der Waals surface area contributed by atoms with E-state index in [-0.39, 0.29) is 11.7 Å². The lowest BCUT2D eigenvalue weighted by molar-refractivity contribution is -0.384. The van der Waals surface area contributed by atoms with Gasteiger partial charge in [0.2, 0.25) is 0 Å². The molecule has 114 valence electrons. The van der Waals surface area contributed by atoms with Crippen molar-refractivity contribution in [2.45, 2.75) is 38.1 Å². The first-order valence-corrected chi connectivity index (χ1v) is 7.71. The number of halogens is 1. The Labute approximate surface area is 130 Å². The van der Waals surface area contributed by atoms with Gasteiger partial charge in [-0.1, -0.05) is 35.2 Å². The van der Waals surface area contributed by atoms with Crippen LogP contribution >= 0.6 is 15.9 Å². The summed E-state index contributed by atoms with van der Waals surface area (Å²) in [6, 6.07) is 4.48. The Morgan fingerprint density at radius 2 is 2.05 bits per heavy atom. The van der Waals surface area contributed by atoms with E-state index in [4.69, 9.17) is 0 Å². The summed E-state index contributed by atoms with van der Waals surface area (Å²) in [5.74, 6) is -1.34. The molecular weight excluding hydrogens is 340 g/mol. The molecule has 1 fully saturated rings. The normalized spacial score (nSPS) is 22.3. The molecule has 0 aromatic heterocycles. The third kappa shape index (κ3) is 3.93. The zero-order valence-electron chi connectivity index (χ0n) is 11.4. The second kappa shape index (κ2) is 6.89. The Hall–Kier alpha value is -1.63. The van der Waals surface area contributed by atoms with Crippen LogP contribution in [0.25, 0.3) is 0 Å². The number of rotatable bonds is 4. The van der Waals surface area contributed by atoms with E-state index in [9.17, 15) is 20.0 Å². The predicted molar refractivity (Wildman–Crippen MR) is 82.4 cm³/mol. The van der Waals surface area contributed by atoms with Crippen molar-refractivity contribution in [3.8, 4) is 0 Å². The minimum atomic E-state index is -0.839. The van der Waals surface area contributed by atoms with Gasteiger partial charge in [-0.05, 0) is 25.0 Å². The standard InChI is InChI=1S/C14H17BrN2O4/c15-9-6-7-12(13(8-9)17(20)21)16-11-5-3-1-2-4-10(11)14(18)19/h6-8,10-11,16H,1-5H2,(H,18,19). The molecule has 0 aliphatic heterocycles. The van der Waals surface area contributed by atoms with E-state index in [0.717, 1.165) is 19.3 Å². The number of benzene rings is 1. The molecule has 1 aromatic carbocycles. The summed E-state index contributed by atoms with van der Waals surface area (Å²) in [7, 11) is 0. The maximum Gasteiger partial charge on any atom is 0.308 e. The first-order chi connectivity index (χ1) is 9.99. The van der Waals surface area contributed by atoms with E-state index in [2.05, 4.69) is 21.2 Å². The van der Waals surface area contributed by atoms with Gasteiger partial charge in [0.15, 0.2) is 0 Å². The number of carboxylic acids is 1. The molecule has 0 saturated heterocycles. The van der Waals surface area contributed by atoms with Crippen LogP contribution in [0.3, 0.4) is 0 Å². The minimum absolute atomic E-state index is 0.0437. The number of hydrogen-bond donors (Lipinski definition) is 2. The summed E-state index contributed by atoms with van der Waals surface area (Å²) in [5, 5.41) is 23.6. The van der Waals surface area contributed by atoms with Crippen LogP contribution in [0, 0.1) is 16.0 Å². The van der Waals surface area contributed by atoms with Gasteiger partial charge >= 0.3 is 5.97 Å². The van der Waals surface area contributed by atoms with Gasteiger partial charge in [0, 0.05) is 16.6 Å². The highest BCUT2D eigenvalue weighted by molar-refractivity contribution is 9.10. The molecule has 0 bridgehead atoms. The molecule has 1 aromatic rings. The Bertz CT molecular complexity index is 550. The second-order valence-corrected chi connectivity index (χ2v) is 6.17. The number of nitrogens with zero attached hydrogens (tertiary/aromatic N) is 1. The van der Waals surface area contributed by atoms with Crippen LogP contribution in [-0.2, 0) is 4.79 Å². The van der Waals surface area contributed by atoms with Crippen molar-refractivity contribution >= 4 is 33.3 Å². The third-order valence-corrected chi connectivity index (χ3v) is 4.32. The SMILES string of the molecule is O=C(O)C1CCCCCC1Nc1ccc(Br)cc1[N+](=O)[O-]. The molecular formula is C14H17BrN2O4. The highest BCUT2D eigenvalue weighted by Gasteiger charge is 2.30. The summed E-state index contributed by atoms with van der Waals surface area (Å²) in [6.45, 7) is 0. The van der Waals surface area contributed by atoms with Crippen molar-refractivity contribution < 1.29 is 14.8 Å². The molecule has 0 spiro atoms. The lowest BCUT2D eigenvalue weighted by Crippen LogP contribution is -2.33. The molecule has 0 heterocycles. The van der Waals surface area contributed by atoms with Crippen molar-refractivity contribution in [1.29, 1.82) is 0 Å². The minimum Gasteiger partial charge on any atom is -0.481 e. The highest BCUT2D eigenvalue weighted by atomic mass is 79.9. The molecule has 0 amide bonds. The highest BCUT2D eigenvalue weighted by Crippen LogP contribution is 2.32. The fraction of sp³-hybridized carbons (Fsp3) is 0.500. The van der Waals surface area contributed by atoms with Crippen LogP contribution < -0.4 is 5.32 Å². The zero-order chi connectivity index (χ0) is 15.4. The molecule has 21 heavy (non-hydrogen) atoms. The topological polar surface area (TPSA) is 92.5 Å². The van der Waals surface area contributed by atoms with E-state index < -0.39 is 16.8 Å². The predicted octanol–water partition coefficient (Wildman–Crippen LogP) is 3.80. The van der Waals surface area contributed by atoms with Crippen LogP contribution in [-0.4, -0.2) is 22.0 Å². The van der Waals surface area contributed by atoms with E-state index in [1.807, 2.05) is 0 Å². The van der Waals surface area contributed by atoms with Gasteiger partial charge < -0.3 is 10.4 Å². The van der Waals surface area contributed by atoms with Gasteiger partial charge in [-0.25, -0.2) is 0 Å². The van der Waals surface area contributed by atoms with E-state index >= 15 is 0 Å². The third-order valence-electron chi connectivity index (χ3n) is 3.83. The summed E-state index contributed by atoms with van der Waals surface area (Å²) in [4.78, 5) is 22.1.